The summed E-state index contributed by atoms with van der Waals surface area (Å²) in [5.41, 5.74) is -3.21. The van der Waals surface area contributed by atoms with Gasteiger partial charge in [0.05, 0.1) is 11.1 Å². The zero-order valence-electron chi connectivity index (χ0n) is 8.68. The molecule has 0 atom stereocenters. The van der Waals surface area contributed by atoms with Crippen molar-refractivity contribution in [3.63, 3.8) is 0 Å². The molecule has 0 amide bonds. The van der Waals surface area contributed by atoms with Crippen LogP contribution in [0.15, 0.2) is 18.2 Å². The molecule has 0 saturated heterocycles. The van der Waals surface area contributed by atoms with Gasteiger partial charge in [0, 0.05) is 22.4 Å². The van der Waals surface area contributed by atoms with Gasteiger partial charge in [0.2, 0.25) is 0 Å². The molecule has 1 radical (unpaired) electrons. The molecule has 1 aromatic carbocycles. The van der Waals surface area contributed by atoms with E-state index >= 15 is 0 Å². The number of hydrogen-bond acceptors (Lipinski definition) is 3. The Morgan fingerprint density at radius 3 is 1.47 bits per heavy atom. The number of halogens is 6. The van der Waals surface area contributed by atoms with E-state index in [0.717, 1.165) is 0 Å². The van der Waals surface area contributed by atoms with E-state index < -0.39 is 36.6 Å². The van der Waals surface area contributed by atoms with Crippen LogP contribution in [0.5, 0.6) is 5.75 Å². The fraction of sp³-hybridized carbons (Fsp3) is 0.250. The van der Waals surface area contributed by atoms with Crippen molar-refractivity contribution in [1.29, 1.82) is 0 Å². The van der Waals surface area contributed by atoms with Gasteiger partial charge in [0.25, 0.3) is 0 Å². The summed E-state index contributed by atoms with van der Waals surface area (Å²) in [6, 6.07) is 0.361. The van der Waals surface area contributed by atoms with E-state index in [9.17, 15) is 26.3 Å². The van der Waals surface area contributed by atoms with Crippen molar-refractivity contribution in [2.45, 2.75) is 12.4 Å². The van der Waals surface area contributed by atoms with E-state index in [0.29, 0.717) is 0 Å². The molecule has 0 bridgehead atoms. The predicted octanol–water partition coefficient (Wildman–Crippen LogP) is 2.07. The minimum Gasteiger partial charge on any atom is -0.512 e. The standard InChI is InChI=1S/C8H5BF6O3.Ag/c10-7(11,12)4-1-5(8(13,14)15)3-6(2-4)18-9(16)17;/h1-3,16-17H;. The first-order valence-electron chi connectivity index (χ1n) is 4.32. The first kappa shape index (κ1) is 18.3. The molecule has 0 unspecified atom stereocenters. The van der Waals surface area contributed by atoms with Gasteiger partial charge >= 0.3 is 19.7 Å². The molecule has 0 aliphatic carbocycles. The summed E-state index contributed by atoms with van der Waals surface area (Å²) in [7, 11) is -2.52. The SMILES string of the molecule is OB(O)Oc1cc(C(F)(F)F)cc(C(F)(F)F)c1.[Ag]. The maximum absolute atomic E-state index is 12.3. The zero-order valence-corrected chi connectivity index (χ0v) is 10.2. The molecule has 2 N–H and O–H groups in total. The molecule has 0 fully saturated rings. The summed E-state index contributed by atoms with van der Waals surface area (Å²) in [5.74, 6) is -0.952. The van der Waals surface area contributed by atoms with Crippen LogP contribution in [-0.2, 0) is 34.7 Å². The summed E-state index contributed by atoms with van der Waals surface area (Å²) in [6.07, 6.45) is -10.0. The molecule has 0 aliphatic heterocycles. The third-order valence-electron chi connectivity index (χ3n) is 1.80. The maximum Gasteiger partial charge on any atom is 0.707 e. The van der Waals surface area contributed by atoms with Crippen LogP contribution in [0.25, 0.3) is 0 Å². The fourth-order valence-corrected chi connectivity index (χ4v) is 1.12. The second-order valence-electron chi connectivity index (χ2n) is 3.19. The topological polar surface area (TPSA) is 49.7 Å². The Morgan fingerprint density at radius 1 is 0.842 bits per heavy atom. The minimum atomic E-state index is -5.01. The molecule has 0 aliphatic rings. The van der Waals surface area contributed by atoms with Crippen molar-refractivity contribution in [1.82, 2.24) is 0 Å². The van der Waals surface area contributed by atoms with Crippen LogP contribution < -0.4 is 4.65 Å². The summed E-state index contributed by atoms with van der Waals surface area (Å²) < 4.78 is 78.0. The van der Waals surface area contributed by atoms with E-state index in [1.54, 1.807) is 0 Å². The Balaban J connectivity index is 0.00000324. The van der Waals surface area contributed by atoms with Crippen molar-refractivity contribution in [3.8, 4) is 5.75 Å². The quantitative estimate of drug-likeness (QED) is 0.609. The zero-order chi connectivity index (χ0) is 14.1. The van der Waals surface area contributed by atoms with E-state index in [1.165, 1.54) is 0 Å². The van der Waals surface area contributed by atoms with Crippen molar-refractivity contribution in [2.24, 2.45) is 0 Å². The van der Waals surface area contributed by atoms with Crippen molar-refractivity contribution >= 4 is 7.32 Å². The van der Waals surface area contributed by atoms with Gasteiger partial charge in [0.1, 0.15) is 5.75 Å². The Kier molecular flexibility index (Phi) is 5.96. The van der Waals surface area contributed by atoms with Crippen LogP contribution >= 0.6 is 0 Å². The van der Waals surface area contributed by atoms with E-state index in [2.05, 4.69) is 4.65 Å². The summed E-state index contributed by atoms with van der Waals surface area (Å²) in [4.78, 5) is 0. The molecule has 11 heteroatoms. The van der Waals surface area contributed by atoms with Gasteiger partial charge < -0.3 is 14.7 Å². The molecule has 0 aromatic heterocycles. The average Bonchev–Trinajstić information content (AvgIpc) is 2.13. The van der Waals surface area contributed by atoms with Gasteiger partial charge in [-0.05, 0) is 18.2 Å². The van der Waals surface area contributed by atoms with Crippen LogP contribution in [0.4, 0.5) is 26.3 Å². The Bertz CT molecular complexity index is 401. The smallest absolute Gasteiger partial charge is 0.512 e. The van der Waals surface area contributed by atoms with Crippen LogP contribution in [0, 0.1) is 0 Å². The van der Waals surface area contributed by atoms with Gasteiger partial charge in [-0.15, -0.1) is 0 Å². The molecular formula is C8H5AgBF6O3. The third-order valence-corrected chi connectivity index (χ3v) is 1.80. The fourth-order valence-electron chi connectivity index (χ4n) is 1.12. The second-order valence-corrected chi connectivity index (χ2v) is 3.19. The van der Waals surface area contributed by atoms with Crippen LogP contribution in [0.2, 0.25) is 0 Å². The normalized spacial score (nSPS) is 11.8. The maximum atomic E-state index is 12.3. The first-order chi connectivity index (χ1) is 8.00. The third kappa shape index (κ3) is 5.45. The number of benzene rings is 1. The average molecular weight is 382 g/mol. The molecule has 111 valence electrons. The largest absolute Gasteiger partial charge is 0.707 e. The van der Waals surface area contributed by atoms with Crippen LogP contribution in [0.1, 0.15) is 11.1 Å². The summed E-state index contributed by atoms with van der Waals surface area (Å²) in [6.45, 7) is 0. The Morgan fingerprint density at radius 2 is 1.21 bits per heavy atom. The molecule has 19 heavy (non-hydrogen) atoms. The van der Waals surface area contributed by atoms with E-state index in [4.69, 9.17) is 10.0 Å². The molecular weight excluding hydrogens is 377 g/mol. The van der Waals surface area contributed by atoms with Gasteiger partial charge in [-0.3, -0.25) is 0 Å². The van der Waals surface area contributed by atoms with Crippen molar-refractivity contribution in [3.05, 3.63) is 29.3 Å². The van der Waals surface area contributed by atoms with Gasteiger partial charge in [0.15, 0.2) is 0 Å². The van der Waals surface area contributed by atoms with Crippen molar-refractivity contribution < 1.29 is 63.4 Å². The summed E-state index contributed by atoms with van der Waals surface area (Å²) in [5, 5.41) is 16.7. The van der Waals surface area contributed by atoms with Gasteiger partial charge in [-0.25, -0.2) is 0 Å². The number of alkyl halides is 6. The first-order valence-corrected chi connectivity index (χ1v) is 4.32. The Labute approximate surface area is 118 Å². The van der Waals surface area contributed by atoms with Crippen LogP contribution in [-0.4, -0.2) is 17.4 Å². The Hall–Kier alpha value is -0.675. The predicted molar refractivity (Wildman–Crippen MR) is 47.3 cm³/mol. The minimum absolute atomic E-state index is 0. The van der Waals surface area contributed by atoms with Crippen molar-refractivity contribution in [2.75, 3.05) is 0 Å². The second kappa shape index (κ2) is 6.18. The molecule has 1 rings (SSSR count). The summed E-state index contributed by atoms with van der Waals surface area (Å²) >= 11 is 0. The molecule has 0 spiro atoms. The number of hydrogen-bond donors (Lipinski definition) is 2. The van der Waals surface area contributed by atoms with E-state index in [-0.39, 0.29) is 40.6 Å². The molecule has 0 heterocycles. The van der Waals surface area contributed by atoms with E-state index in [1.807, 2.05) is 0 Å². The van der Waals surface area contributed by atoms with Gasteiger partial charge in [-0.2, -0.15) is 26.3 Å². The molecule has 3 nitrogen and oxygen atoms in total. The molecule has 1 aromatic rings. The molecule has 0 saturated carbocycles. The van der Waals surface area contributed by atoms with Crippen LogP contribution in [0.3, 0.4) is 0 Å². The van der Waals surface area contributed by atoms with Gasteiger partial charge in [-0.1, -0.05) is 0 Å². The number of rotatable bonds is 2. The monoisotopic (exact) mass is 381 g/mol.